The van der Waals surface area contributed by atoms with Crippen molar-refractivity contribution in [3.8, 4) is 0 Å². The van der Waals surface area contributed by atoms with Crippen molar-refractivity contribution in [2.75, 3.05) is 19.7 Å². The first kappa shape index (κ1) is 15.3. The summed E-state index contributed by atoms with van der Waals surface area (Å²) in [7, 11) is 0. The number of ether oxygens (including phenoxy) is 1. The first-order valence-corrected chi connectivity index (χ1v) is 8.91. The molecule has 120 valence electrons. The number of morpholine rings is 1. The van der Waals surface area contributed by atoms with Gasteiger partial charge in [-0.3, -0.25) is 4.79 Å². The summed E-state index contributed by atoms with van der Waals surface area (Å²) >= 11 is 0. The Morgan fingerprint density at radius 1 is 1.14 bits per heavy atom. The number of fused-ring (bicyclic) bond motifs is 1. The van der Waals surface area contributed by atoms with E-state index >= 15 is 0 Å². The van der Waals surface area contributed by atoms with Crippen molar-refractivity contribution in [1.82, 2.24) is 4.90 Å². The maximum Gasteiger partial charge on any atom is 0.226 e. The molecule has 3 rings (SSSR count). The van der Waals surface area contributed by atoms with Gasteiger partial charge in [0.15, 0.2) is 0 Å². The third kappa shape index (κ3) is 3.42. The van der Waals surface area contributed by atoms with Gasteiger partial charge >= 0.3 is 0 Å². The molecule has 3 aliphatic rings. The van der Waals surface area contributed by atoms with Gasteiger partial charge in [-0.1, -0.05) is 25.7 Å². The van der Waals surface area contributed by atoms with Crippen LogP contribution in [0.15, 0.2) is 0 Å². The summed E-state index contributed by atoms with van der Waals surface area (Å²) in [5.74, 6) is 1.33. The highest BCUT2D eigenvalue weighted by molar-refractivity contribution is 5.79. The monoisotopic (exact) mass is 294 g/mol. The zero-order valence-electron chi connectivity index (χ0n) is 13.1. The molecule has 21 heavy (non-hydrogen) atoms. The lowest BCUT2D eigenvalue weighted by Crippen LogP contribution is -2.56. The molecule has 0 aromatic rings. The summed E-state index contributed by atoms with van der Waals surface area (Å²) in [5, 5.41) is 0. The molecule has 0 spiro atoms. The molecule has 1 saturated heterocycles. The van der Waals surface area contributed by atoms with Gasteiger partial charge in [0, 0.05) is 12.5 Å². The van der Waals surface area contributed by atoms with E-state index in [1.807, 2.05) is 0 Å². The molecule has 0 bridgehead atoms. The van der Waals surface area contributed by atoms with Crippen molar-refractivity contribution < 1.29 is 9.53 Å². The average molecular weight is 294 g/mol. The van der Waals surface area contributed by atoms with Crippen LogP contribution < -0.4 is 5.73 Å². The normalized spacial score (nSPS) is 37.1. The van der Waals surface area contributed by atoms with Crippen LogP contribution in [0.3, 0.4) is 0 Å². The van der Waals surface area contributed by atoms with Crippen LogP contribution in [0.1, 0.15) is 57.8 Å². The minimum absolute atomic E-state index is 0.246. The van der Waals surface area contributed by atoms with Crippen molar-refractivity contribution >= 4 is 5.91 Å². The van der Waals surface area contributed by atoms with Crippen molar-refractivity contribution in [3.05, 3.63) is 0 Å². The standard InChI is InChI=1S/C17H30N2O2/c18-9-8-13-4-3-5-14(12-13)17(20)19-10-11-21-16-7-2-1-6-15(16)19/h13-16H,1-12,18H2. The zero-order chi connectivity index (χ0) is 14.7. The number of carbonyl (C=O) groups is 1. The van der Waals surface area contributed by atoms with E-state index in [4.69, 9.17) is 10.5 Å². The Bertz CT molecular complexity index is 357. The highest BCUT2D eigenvalue weighted by Gasteiger charge is 2.39. The molecule has 2 N–H and O–H groups in total. The van der Waals surface area contributed by atoms with E-state index in [9.17, 15) is 4.79 Å². The first-order valence-electron chi connectivity index (χ1n) is 8.91. The molecule has 4 heteroatoms. The predicted octanol–water partition coefficient (Wildman–Crippen LogP) is 2.31. The second-order valence-electron chi connectivity index (χ2n) is 7.10. The summed E-state index contributed by atoms with van der Waals surface area (Å²) in [4.78, 5) is 15.2. The number of hydrogen-bond acceptors (Lipinski definition) is 3. The van der Waals surface area contributed by atoms with Gasteiger partial charge in [0.1, 0.15) is 0 Å². The Balaban J connectivity index is 1.63. The van der Waals surface area contributed by atoms with E-state index in [2.05, 4.69) is 4.90 Å². The lowest BCUT2D eigenvalue weighted by atomic mass is 9.78. The fourth-order valence-electron chi connectivity index (χ4n) is 4.62. The SMILES string of the molecule is NCCC1CCCC(C(=O)N2CCOC3CCCCC32)C1. The number of amides is 1. The van der Waals surface area contributed by atoms with Gasteiger partial charge in [-0.05, 0) is 44.6 Å². The Hall–Kier alpha value is -0.610. The lowest BCUT2D eigenvalue weighted by Gasteiger charge is -2.45. The maximum atomic E-state index is 13.0. The molecule has 4 unspecified atom stereocenters. The van der Waals surface area contributed by atoms with E-state index in [0.717, 1.165) is 51.8 Å². The van der Waals surface area contributed by atoms with Crippen molar-refractivity contribution in [3.63, 3.8) is 0 Å². The molecule has 2 aliphatic carbocycles. The molecule has 1 aliphatic heterocycles. The van der Waals surface area contributed by atoms with E-state index in [1.54, 1.807) is 0 Å². The van der Waals surface area contributed by atoms with Gasteiger partial charge in [0.2, 0.25) is 5.91 Å². The highest BCUT2D eigenvalue weighted by atomic mass is 16.5. The summed E-state index contributed by atoms with van der Waals surface area (Å²) in [6.45, 7) is 2.29. The number of hydrogen-bond donors (Lipinski definition) is 1. The van der Waals surface area contributed by atoms with E-state index in [1.165, 1.54) is 25.7 Å². The smallest absolute Gasteiger partial charge is 0.226 e. The molecule has 4 atom stereocenters. The van der Waals surface area contributed by atoms with Crippen LogP contribution in [0.4, 0.5) is 0 Å². The van der Waals surface area contributed by atoms with Gasteiger partial charge in [-0.2, -0.15) is 0 Å². The maximum absolute atomic E-state index is 13.0. The first-order chi connectivity index (χ1) is 10.3. The molecule has 0 aromatic heterocycles. The summed E-state index contributed by atoms with van der Waals surface area (Å²) in [6.07, 6.45) is 10.7. The Morgan fingerprint density at radius 3 is 2.86 bits per heavy atom. The lowest BCUT2D eigenvalue weighted by molar-refractivity contribution is -0.155. The second-order valence-corrected chi connectivity index (χ2v) is 7.10. The minimum atomic E-state index is 0.246. The molecule has 1 heterocycles. The third-order valence-corrected chi connectivity index (χ3v) is 5.72. The fraction of sp³-hybridized carbons (Fsp3) is 0.941. The largest absolute Gasteiger partial charge is 0.374 e. The molecule has 1 amide bonds. The van der Waals surface area contributed by atoms with Crippen LogP contribution >= 0.6 is 0 Å². The van der Waals surface area contributed by atoms with E-state index in [0.29, 0.717) is 24.0 Å². The number of nitrogens with zero attached hydrogens (tertiary/aromatic N) is 1. The Morgan fingerprint density at radius 2 is 2.00 bits per heavy atom. The molecule has 3 fully saturated rings. The Kier molecular flexibility index (Phi) is 5.17. The predicted molar refractivity (Wildman–Crippen MR) is 82.8 cm³/mol. The van der Waals surface area contributed by atoms with Crippen molar-refractivity contribution in [2.45, 2.75) is 69.9 Å². The third-order valence-electron chi connectivity index (χ3n) is 5.72. The summed E-state index contributed by atoms with van der Waals surface area (Å²) in [6, 6.07) is 0.356. The number of rotatable bonds is 3. The summed E-state index contributed by atoms with van der Waals surface area (Å²) < 4.78 is 5.90. The Labute approximate surface area is 128 Å². The molecule has 2 saturated carbocycles. The molecular formula is C17H30N2O2. The van der Waals surface area contributed by atoms with Crippen molar-refractivity contribution in [2.24, 2.45) is 17.6 Å². The van der Waals surface area contributed by atoms with Gasteiger partial charge in [-0.15, -0.1) is 0 Å². The molecular weight excluding hydrogens is 264 g/mol. The topological polar surface area (TPSA) is 55.6 Å². The highest BCUT2D eigenvalue weighted by Crippen LogP contribution is 2.35. The number of nitrogens with two attached hydrogens (primary N) is 1. The van der Waals surface area contributed by atoms with Crippen LogP contribution in [0.5, 0.6) is 0 Å². The molecule has 4 nitrogen and oxygen atoms in total. The van der Waals surface area contributed by atoms with Crippen LogP contribution in [0.2, 0.25) is 0 Å². The fourth-order valence-corrected chi connectivity index (χ4v) is 4.62. The van der Waals surface area contributed by atoms with E-state index in [-0.39, 0.29) is 5.92 Å². The second kappa shape index (κ2) is 7.10. The van der Waals surface area contributed by atoms with Crippen molar-refractivity contribution in [1.29, 1.82) is 0 Å². The van der Waals surface area contributed by atoms with Gasteiger partial charge < -0.3 is 15.4 Å². The minimum Gasteiger partial charge on any atom is -0.374 e. The van der Waals surface area contributed by atoms with Gasteiger partial charge in [0.05, 0.1) is 18.8 Å². The summed E-state index contributed by atoms with van der Waals surface area (Å²) in [5.41, 5.74) is 5.70. The van der Waals surface area contributed by atoms with Crippen LogP contribution in [-0.4, -0.2) is 42.6 Å². The van der Waals surface area contributed by atoms with Crippen LogP contribution in [0.25, 0.3) is 0 Å². The molecule has 0 radical (unpaired) electrons. The zero-order valence-corrected chi connectivity index (χ0v) is 13.1. The van der Waals surface area contributed by atoms with Crippen LogP contribution in [-0.2, 0) is 9.53 Å². The van der Waals surface area contributed by atoms with Gasteiger partial charge in [-0.25, -0.2) is 0 Å². The molecule has 0 aromatic carbocycles. The average Bonchev–Trinajstić information content (AvgIpc) is 2.54. The van der Waals surface area contributed by atoms with Crippen LogP contribution in [0, 0.1) is 11.8 Å². The van der Waals surface area contributed by atoms with Gasteiger partial charge in [0.25, 0.3) is 0 Å². The van der Waals surface area contributed by atoms with E-state index < -0.39 is 0 Å². The quantitative estimate of drug-likeness (QED) is 0.869. The number of carbonyl (C=O) groups excluding carboxylic acids is 1.